The monoisotopic (exact) mass is 237 g/mol. The van der Waals surface area contributed by atoms with Gasteiger partial charge in [0.2, 0.25) is 0 Å². The molecule has 0 aromatic carbocycles. The van der Waals surface area contributed by atoms with Crippen molar-refractivity contribution in [3.05, 3.63) is 16.1 Å². The molecule has 1 saturated heterocycles. The summed E-state index contributed by atoms with van der Waals surface area (Å²) in [5.74, 6) is 1.62. The zero-order valence-corrected chi connectivity index (χ0v) is 10.5. The molecule has 1 aliphatic carbocycles. The van der Waals surface area contributed by atoms with Crippen LogP contribution in [0.4, 0.5) is 0 Å². The van der Waals surface area contributed by atoms with Gasteiger partial charge in [-0.1, -0.05) is 0 Å². The molecule has 3 rings (SSSR count). The van der Waals surface area contributed by atoms with Gasteiger partial charge >= 0.3 is 0 Å². The average molecular weight is 237 g/mol. The van der Waals surface area contributed by atoms with Crippen molar-refractivity contribution in [2.45, 2.75) is 32.4 Å². The van der Waals surface area contributed by atoms with E-state index >= 15 is 0 Å². The maximum Gasteiger partial charge on any atom is 0.0897 e. The van der Waals surface area contributed by atoms with Gasteiger partial charge in [0.15, 0.2) is 0 Å². The van der Waals surface area contributed by atoms with Crippen LogP contribution in [0.5, 0.6) is 0 Å². The molecule has 1 aromatic rings. The van der Waals surface area contributed by atoms with Gasteiger partial charge in [-0.3, -0.25) is 4.90 Å². The Morgan fingerprint density at radius 2 is 2.38 bits per heavy atom. The molecule has 2 heterocycles. The summed E-state index contributed by atoms with van der Waals surface area (Å²) in [5.41, 5.74) is 6.14. The highest BCUT2D eigenvalue weighted by molar-refractivity contribution is 7.11. The molecule has 2 aliphatic rings. The molecule has 3 unspecified atom stereocenters. The van der Waals surface area contributed by atoms with Crippen molar-refractivity contribution in [3.8, 4) is 0 Å². The zero-order chi connectivity index (χ0) is 11.1. The summed E-state index contributed by atoms with van der Waals surface area (Å²) < 4.78 is 0. The third-order valence-corrected chi connectivity index (χ3v) is 4.93. The number of hydrogen-bond acceptors (Lipinski definition) is 4. The fourth-order valence-electron chi connectivity index (χ4n) is 3.23. The summed E-state index contributed by atoms with van der Waals surface area (Å²) in [7, 11) is 0. The minimum atomic E-state index is 0.457. The molecule has 0 amide bonds. The number of nitrogens with two attached hydrogens (primary N) is 1. The number of aryl methyl sites for hydroxylation is 1. The maximum absolute atomic E-state index is 6.14. The van der Waals surface area contributed by atoms with Gasteiger partial charge in [-0.2, -0.15) is 0 Å². The van der Waals surface area contributed by atoms with Crippen molar-refractivity contribution in [1.29, 1.82) is 0 Å². The van der Waals surface area contributed by atoms with Crippen LogP contribution in [-0.4, -0.2) is 29.0 Å². The van der Waals surface area contributed by atoms with Gasteiger partial charge in [-0.05, 0) is 31.6 Å². The molecule has 1 saturated carbocycles. The molecule has 0 bridgehead atoms. The van der Waals surface area contributed by atoms with Crippen molar-refractivity contribution < 1.29 is 0 Å². The van der Waals surface area contributed by atoms with Crippen LogP contribution < -0.4 is 5.73 Å². The first-order chi connectivity index (χ1) is 7.72. The van der Waals surface area contributed by atoms with Gasteiger partial charge in [0.05, 0.1) is 5.01 Å². The Kier molecular flexibility index (Phi) is 2.73. The number of rotatable bonds is 2. The summed E-state index contributed by atoms with van der Waals surface area (Å²) in [4.78, 5) is 8.26. The normalized spacial score (nSPS) is 34.5. The van der Waals surface area contributed by atoms with E-state index in [2.05, 4.69) is 16.8 Å². The fourth-order valence-corrected chi connectivity index (χ4v) is 4.07. The molecule has 1 aromatic heterocycles. The van der Waals surface area contributed by atoms with Gasteiger partial charge in [-0.25, -0.2) is 4.98 Å². The first-order valence-corrected chi connectivity index (χ1v) is 6.93. The smallest absolute Gasteiger partial charge is 0.0897 e. The van der Waals surface area contributed by atoms with E-state index < -0.39 is 0 Å². The fraction of sp³-hybridized carbons (Fsp3) is 0.750. The molecular weight excluding hydrogens is 218 g/mol. The Balaban J connectivity index is 1.62. The lowest BCUT2D eigenvalue weighted by Gasteiger charge is -2.17. The molecule has 2 fully saturated rings. The molecule has 0 spiro atoms. The molecule has 2 N–H and O–H groups in total. The predicted octanol–water partition coefficient (Wildman–Crippen LogP) is 1.62. The molecule has 4 heteroatoms. The Morgan fingerprint density at radius 1 is 1.50 bits per heavy atom. The first kappa shape index (κ1) is 10.7. The summed E-state index contributed by atoms with van der Waals surface area (Å²) in [5, 5.41) is 1.17. The van der Waals surface area contributed by atoms with E-state index in [1.807, 2.05) is 17.5 Å². The van der Waals surface area contributed by atoms with Crippen LogP contribution >= 0.6 is 11.3 Å². The summed E-state index contributed by atoms with van der Waals surface area (Å²) in [6.07, 6.45) is 4.60. The van der Waals surface area contributed by atoms with E-state index in [4.69, 9.17) is 5.73 Å². The van der Waals surface area contributed by atoms with Crippen LogP contribution in [0.3, 0.4) is 0 Å². The lowest BCUT2D eigenvalue weighted by Crippen LogP contribution is -2.30. The van der Waals surface area contributed by atoms with Crippen LogP contribution in [-0.2, 0) is 6.54 Å². The van der Waals surface area contributed by atoms with Gasteiger partial charge < -0.3 is 5.73 Å². The first-order valence-electron chi connectivity index (χ1n) is 6.11. The Bertz CT molecular complexity index is 376. The standard InChI is InChI=1S/C12H19N3S/c1-8-14-4-10(16-8)6-15-5-9-2-3-12(13)11(9)7-15/h4,9,11-12H,2-3,5-7,13H2,1H3. The second kappa shape index (κ2) is 4.09. The van der Waals surface area contributed by atoms with E-state index in [9.17, 15) is 0 Å². The molecule has 88 valence electrons. The van der Waals surface area contributed by atoms with E-state index in [0.717, 1.165) is 18.4 Å². The largest absolute Gasteiger partial charge is 0.327 e. The minimum Gasteiger partial charge on any atom is -0.327 e. The summed E-state index contributed by atoms with van der Waals surface area (Å²) in [6, 6.07) is 0.457. The predicted molar refractivity (Wildman–Crippen MR) is 66.3 cm³/mol. The van der Waals surface area contributed by atoms with Crippen LogP contribution in [0.2, 0.25) is 0 Å². The lowest BCUT2D eigenvalue weighted by atomic mass is 9.98. The van der Waals surface area contributed by atoms with Gasteiger partial charge in [0, 0.05) is 36.8 Å². The average Bonchev–Trinajstić information content (AvgIpc) is 2.88. The molecule has 0 radical (unpaired) electrons. The topological polar surface area (TPSA) is 42.2 Å². The van der Waals surface area contributed by atoms with Crippen LogP contribution in [0.25, 0.3) is 0 Å². The molecule has 16 heavy (non-hydrogen) atoms. The van der Waals surface area contributed by atoms with E-state index in [0.29, 0.717) is 6.04 Å². The highest BCUT2D eigenvalue weighted by atomic mass is 32.1. The van der Waals surface area contributed by atoms with Crippen molar-refractivity contribution in [1.82, 2.24) is 9.88 Å². The summed E-state index contributed by atoms with van der Waals surface area (Å²) >= 11 is 1.82. The van der Waals surface area contributed by atoms with Crippen LogP contribution in [0.1, 0.15) is 22.7 Å². The maximum atomic E-state index is 6.14. The van der Waals surface area contributed by atoms with Gasteiger partial charge in [-0.15, -0.1) is 11.3 Å². The number of hydrogen-bond donors (Lipinski definition) is 1. The zero-order valence-electron chi connectivity index (χ0n) is 9.72. The quantitative estimate of drug-likeness (QED) is 0.850. The number of aromatic nitrogens is 1. The van der Waals surface area contributed by atoms with Crippen molar-refractivity contribution in [2.75, 3.05) is 13.1 Å². The van der Waals surface area contributed by atoms with Crippen LogP contribution in [0.15, 0.2) is 6.20 Å². The van der Waals surface area contributed by atoms with Gasteiger partial charge in [0.25, 0.3) is 0 Å². The highest BCUT2D eigenvalue weighted by Gasteiger charge is 2.40. The van der Waals surface area contributed by atoms with E-state index in [-0.39, 0.29) is 0 Å². The van der Waals surface area contributed by atoms with Crippen molar-refractivity contribution in [2.24, 2.45) is 17.6 Å². The Morgan fingerprint density at radius 3 is 3.06 bits per heavy atom. The molecule has 1 aliphatic heterocycles. The second-order valence-corrected chi connectivity index (χ2v) is 6.52. The number of likely N-dealkylation sites (tertiary alicyclic amines) is 1. The molecular formula is C12H19N3S. The van der Waals surface area contributed by atoms with Crippen LogP contribution in [0, 0.1) is 18.8 Å². The van der Waals surface area contributed by atoms with E-state index in [1.54, 1.807) is 0 Å². The summed E-state index contributed by atoms with van der Waals surface area (Å²) in [6.45, 7) is 5.59. The number of nitrogens with zero attached hydrogens (tertiary/aromatic N) is 2. The minimum absolute atomic E-state index is 0.457. The number of thiazole rings is 1. The van der Waals surface area contributed by atoms with Crippen molar-refractivity contribution >= 4 is 11.3 Å². The van der Waals surface area contributed by atoms with Crippen molar-refractivity contribution in [3.63, 3.8) is 0 Å². The third-order valence-electron chi connectivity index (χ3n) is 4.04. The molecule has 3 nitrogen and oxygen atoms in total. The lowest BCUT2D eigenvalue weighted by molar-refractivity contribution is 0.300. The third kappa shape index (κ3) is 1.90. The van der Waals surface area contributed by atoms with E-state index in [1.165, 1.54) is 35.8 Å². The Labute approximate surface area is 101 Å². The highest BCUT2D eigenvalue weighted by Crippen LogP contribution is 2.37. The SMILES string of the molecule is Cc1ncc(CN2CC3CCC(N)C3C2)s1. The molecule has 3 atom stereocenters. The Hall–Kier alpha value is -0.450. The second-order valence-electron chi connectivity index (χ2n) is 5.20. The van der Waals surface area contributed by atoms with Gasteiger partial charge in [0.1, 0.15) is 0 Å². The number of fused-ring (bicyclic) bond motifs is 1.